The number of nitrogens with two attached hydrogens (primary N) is 1. The van der Waals surface area contributed by atoms with Gasteiger partial charge in [-0.1, -0.05) is 12.5 Å². The molecule has 0 saturated heterocycles. The molecule has 1 fully saturated rings. The van der Waals surface area contributed by atoms with E-state index >= 15 is 0 Å². The molecule has 4 N–H and O–H groups in total. The van der Waals surface area contributed by atoms with Crippen LogP contribution in [0.3, 0.4) is 0 Å². The number of carbonyl (C=O) groups is 1. The summed E-state index contributed by atoms with van der Waals surface area (Å²) in [6.45, 7) is 0.496. The van der Waals surface area contributed by atoms with Gasteiger partial charge in [-0.25, -0.2) is 18.5 Å². The third kappa shape index (κ3) is 4.16. The van der Waals surface area contributed by atoms with Crippen LogP contribution in [0.5, 0.6) is 0 Å². The molecule has 1 heterocycles. The molecule has 1 aromatic heterocycles. The van der Waals surface area contributed by atoms with Gasteiger partial charge in [0.25, 0.3) is 0 Å². The molecule has 0 bridgehead atoms. The highest BCUT2D eigenvalue weighted by atomic mass is 32.2. The van der Waals surface area contributed by atoms with Crippen LogP contribution < -0.4 is 15.8 Å². The Balaban J connectivity index is 1.38. The molecule has 31 heavy (non-hydrogen) atoms. The largest absolute Gasteiger partial charge is 0.354 e. The molecule has 166 valence electrons. The van der Waals surface area contributed by atoms with Crippen LogP contribution in [0.15, 0.2) is 20.7 Å². The maximum absolute atomic E-state index is 14.5. The first-order valence-corrected chi connectivity index (χ1v) is 13.3. The molecular weight excluding hydrogens is 435 g/mol. The number of fused-ring (bicyclic) bond motifs is 2. The molecule has 1 saturated carbocycles. The first-order valence-electron chi connectivity index (χ1n) is 10.9. The Bertz CT molecular complexity index is 1130. The summed E-state index contributed by atoms with van der Waals surface area (Å²) in [6, 6.07) is 3.29. The van der Waals surface area contributed by atoms with Gasteiger partial charge in [0.1, 0.15) is 0 Å². The number of rotatable bonds is 5. The third-order valence-corrected chi connectivity index (χ3v) is 9.60. The summed E-state index contributed by atoms with van der Waals surface area (Å²) in [6.07, 6.45) is 9.41. The van der Waals surface area contributed by atoms with Crippen molar-refractivity contribution < 1.29 is 13.4 Å². The van der Waals surface area contributed by atoms with E-state index in [9.17, 15) is 13.4 Å². The fraction of sp³-hybridized carbons (Fsp3) is 0.500. The number of thiophene rings is 1. The number of halogens is 1. The summed E-state index contributed by atoms with van der Waals surface area (Å²) in [5.41, 5.74) is 5.66. The lowest BCUT2D eigenvalue weighted by atomic mass is 9.93. The third-order valence-electron chi connectivity index (χ3n) is 6.57. The lowest BCUT2D eigenvalue weighted by Crippen LogP contribution is -2.34. The number of amides is 2. The van der Waals surface area contributed by atoms with Crippen molar-refractivity contribution in [1.82, 2.24) is 5.32 Å². The topological polar surface area (TPSA) is 96.6 Å². The SMILES string of the molecule is N[S@@](=O)(=NC(=O)Nc1c2c(cc3c1CCC3)CCC2)c1sc(CNC2CCC2)cc1F. The molecule has 9 heteroatoms. The Morgan fingerprint density at radius 3 is 2.42 bits per heavy atom. The van der Waals surface area contributed by atoms with Crippen molar-refractivity contribution >= 4 is 33.0 Å². The van der Waals surface area contributed by atoms with E-state index in [1.54, 1.807) is 0 Å². The van der Waals surface area contributed by atoms with E-state index in [1.807, 2.05) is 0 Å². The zero-order valence-electron chi connectivity index (χ0n) is 17.3. The molecule has 0 aliphatic heterocycles. The van der Waals surface area contributed by atoms with E-state index in [2.05, 4.69) is 21.1 Å². The molecule has 3 aliphatic rings. The van der Waals surface area contributed by atoms with Crippen molar-refractivity contribution in [2.45, 2.75) is 74.6 Å². The van der Waals surface area contributed by atoms with Crippen molar-refractivity contribution in [2.24, 2.45) is 9.50 Å². The number of aryl methyl sites for hydroxylation is 2. The highest BCUT2D eigenvalue weighted by molar-refractivity contribution is 7.93. The minimum Gasteiger partial charge on any atom is -0.309 e. The van der Waals surface area contributed by atoms with Crippen molar-refractivity contribution in [3.8, 4) is 0 Å². The van der Waals surface area contributed by atoms with E-state index in [0.29, 0.717) is 17.5 Å². The van der Waals surface area contributed by atoms with Crippen molar-refractivity contribution in [2.75, 3.05) is 5.32 Å². The first-order chi connectivity index (χ1) is 14.9. The first kappa shape index (κ1) is 21.1. The van der Waals surface area contributed by atoms with Gasteiger partial charge in [-0.2, -0.15) is 0 Å². The average molecular weight is 463 g/mol. The Morgan fingerprint density at radius 1 is 1.13 bits per heavy atom. The maximum atomic E-state index is 14.5. The molecule has 0 spiro atoms. The normalized spacial score (nSPS) is 19.4. The monoisotopic (exact) mass is 462 g/mol. The zero-order valence-corrected chi connectivity index (χ0v) is 19.0. The lowest BCUT2D eigenvalue weighted by molar-refractivity contribution is 0.260. The standard InChI is InChI=1S/C22H27FN4O2S2/c23-19-11-16(12-25-15-6-3-7-15)30-21(19)31(24,29)27-22(28)26-20-17-8-1-4-13(17)10-14-5-2-9-18(14)20/h10-11,15,25H,1-9,12H2,(H3,24,26,27,28,29)/t31-/m1/s1. The van der Waals surface area contributed by atoms with Crippen LogP contribution in [0.4, 0.5) is 14.9 Å². The number of benzene rings is 1. The fourth-order valence-corrected chi connectivity index (χ4v) is 7.14. The van der Waals surface area contributed by atoms with E-state index in [-0.39, 0.29) is 4.21 Å². The molecule has 6 nitrogen and oxygen atoms in total. The molecule has 3 aliphatic carbocycles. The number of urea groups is 1. The van der Waals surface area contributed by atoms with Crippen molar-refractivity contribution in [3.05, 3.63) is 45.1 Å². The minimum absolute atomic E-state index is 0.170. The maximum Gasteiger partial charge on any atom is 0.354 e. The number of hydrogen-bond donors (Lipinski definition) is 3. The van der Waals surface area contributed by atoms with Gasteiger partial charge >= 0.3 is 6.03 Å². The second-order valence-corrected chi connectivity index (χ2v) is 11.8. The van der Waals surface area contributed by atoms with Gasteiger partial charge in [-0.15, -0.1) is 15.7 Å². The van der Waals surface area contributed by atoms with E-state index in [1.165, 1.54) is 23.6 Å². The molecule has 2 amide bonds. The van der Waals surface area contributed by atoms with Crippen LogP contribution in [0.2, 0.25) is 0 Å². The number of nitrogens with one attached hydrogen (secondary N) is 2. The highest BCUT2D eigenvalue weighted by Crippen LogP contribution is 2.38. The summed E-state index contributed by atoms with van der Waals surface area (Å²) in [5.74, 6) is -0.666. The summed E-state index contributed by atoms with van der Waals surface area (Å²) >= 11 is 1.02. The lowest BCUT2D eigenvalue weighted by Gasteiger charge is -2.26. The second-order valence-electron chi connectivity index (χ2n) is 8.68. The van der Waals surface area contributed by atoms with Gasteiger partial charge in [0.05, 0.1) is 0 Å². The van der Waals surface area contributed by atoms with Crippen LogP contribution in [0, 0.1) is 5.82 Å². The second kappa shape index (κ2) is 8.27. The number of anilines is 1. The predicted octanol–water partition coefficient (Wildman–Crippen LogP) is 4.44. The summed E-state index contributed by atoms with van der Waals surface area (Å²) in [4.78, 5) is 13.4. The van der Waals surface area contributed by atoms with Gasteiger partial charge in [0, 0.05) is 23.2 Å². The van der Waals surface area contributed by atoms with Crippen LogP contribution in [-0.2, 0) is 42.1 Å². The number of carbonyl (C=O) groups excluding carboxylic acids is 1. The summed E-state index contributed by atoms with van der Waals surface area (Å²) < 4.78 is 31.0. The van der Waals surface area contributed by atoms with Gasteiger partial charge in [-0.3, -0.25) is 0 Å². The smallest absolute Gasteiger partial charge is 0.309 e. The molecule has 0 radical (unpaired) electrons. The fourth-order valence-electron chi connectivity index (χ4n) is 4.80. The number of nitrogens with zero attached hydrogens (tertiary/aromatic N) is 1. The molecule has 1 aromatic carbocycles. The number of hydrogen-bond acceptors (Lipinski definition) is 4. The van der Waals surface area contributed by atoms with Gasteiger partial charge in [0.15, 0.2) is 19.9 Å². The molecular formula is C22H27FN4O2S2. The van der Waals surface area contributed by atoms with Gasteiger partial charge in [-0.05, 0) is 79.7 Å². The Hall–Kier alpha value is -1.81. The molecule has 2 aromatic rings. The van der Waals surface area contributed by atoms with Crippen LogP contribution in [0.25, 0.3) is 0 Å². The van der Waals surface area contributed by atoms with Crippen LogP contribution >= 0.6 is 11.3 Å². The van der Waals surface area contributed by atoms with Gasteiger partial charge < -0.3 is 10.6 Å². The minimum atomic E-state index is -3.67. The van der Waals surface area contributed by atoms with Crippen molar-refractivity contribution in [3.63, 3.8) is 0 Å². The Morgan fingerprint density at radius 2 is 1.81 bits per heavy atom. The van der Waals surface area contributed by atoms with E-state index in [0.717, 1.165) is 79.5 Å². The van der Waals surface area contributed by atoms with Crippen LogP contribution in [-0.4, -0.2) is 16.3 Å². The van der Waals surface area contributed by atoms with Crippen molar-refractivity contribution in [1.29, 1.82) is 0 Å². The highest BCUT2D eigenvalue weighted by Gasteiger charge is 2.26. The Kier molecular flexibility index (Phi) is 5.62. The summed E-state index contributed by atoms with van der Waals surface area (Å²) in [5, 5.41) is 12.1. The van der Waals surface area contributed by atoms with Gasteiger partial charge in [0.2, 0.25) is 0 Å². The average Bonchev–Trinajstić information content (AvgIpc) is 3.39. The molecule has 0 unspecified atom stereocenters. The predicted molar refractivity (Wildman–Crippen MR) is 121 cm³/mol. The Labute approximate surface area is 186 Å². The van der Waals surface area contributed by atoms with E-state index in [4.69, 9.17) is 5.14 Å². The van der Waals surface area contributed by atoms with E-state index < -0.39 is 21.8 Å². The quantitative estimate of drug-likeness (QED) is 0.613. The molecule has 5 rings (SSSR count). The zero-order chi connectivity index (χ0) is 21.6. The summed E-state index contributed by atoms with van der Waals surface area (Å²) in [7, 11) is -3.67. The molecule has 1 atom stereocenters. The van der Waals surface area contributed by atoms with Crippen LogP contribution in [0.1, 0.15) is 59.2 Å².